The van der Waals surface area contributed by atoms with Crippen LogP contribution in [0.25, 0.3) is 0 Å². The summed E-state index contributed by atoms with van der Waals surface area (Å²) in [4.78, 5) is 0. The van der Waals surface area contributed by atoms with E-state index in [0.29, 0.717) is 0 Å². The molecule has 0 aliphatic heterocycles. The first-order valence-corrected chi connectivity index (χ1v) is 6.72. The quantitative estimate of drug-likeness (QED) is 0.216. The van der Waals surface area contributed by atoms with Gasteiger partial charge in [-0.25, -0.2) is 0 Å². The minimum absolute atomic E-state index is 0.792. The minimum atomic E-state index is -9.10. The summed E-state index contributed by atoms with van der Waals surface area (Å²) in [5.41, 5.74) is 0. The Morgan fingerprint density at radius 3 is 0.879 bits per heavy atom. The molecule has 0 aliphatic carbocycles. The molecule has 0 fully saturated rings. The van der Waals surface area contributed by atoms with Gasteiger partial charge < -0.3 is 0 Å². The lowest BCUT2D eigenvalue weighted by atomic mass is 9.86. The zero-order valence-electron chi connectivity index (χ0n) is 13.9. The van der Waals surface area contributed by atoms with Gasteiger partial charge in [0.25, 0.3) is 0 Å². The highest BCUT2D eigenvalue weighted by Crippen LogP contribution is 2.65. The van der Waals surface area contributed by atoms with Crippen LogP contribution in [0.3, 0.4) is 0 Å². The molecule has 1 radical (unpaired) electrons. The molecular formula is C12F21. The molecule has 0 rings (SSSR count). The third-order valence-corrected chi connectivity index (χ3v) is 3.60. The van der Waals surface area contributed by atoms with Gasteiger partial charge in [-0.05, 0) is 0 Å². The standard InChI is InChI=1S/C12F21/c13-2-1-4(16,17)6(20,21)8(24,25)10(28,29)12(32,33)11(30,31)9(26,27)7(22,23)5(18,19)3(14)15. The molecule has 0 aromatic rings. The summed E-state index contributed by atoms with van der Waals surface area (Å²) >= 11 is 0. The molecule has 21 heteroatoms. The monoisotopic (exact) mass is 543 g/mol. The summed E-state index contributed by atoms with van der Waals surface area (Å²) < 4.78 is 269. The number of alkyl halides is 18. The first-order valence-electron chi connectivity index (χ1n) is 6.72. The minimum Gasteiger partial charge on any atom is -0.192 e. The molecule has 195 valence electrons. The molecule has 0 aromatic carbocycles. The van der Waals surface area contributed by atoms with Gasteiger partial charge in [-0.15, -0.1) is 4.39 Å². The second-order valence-corrected chi connectivity index (χ2v) is 5.65. The molecule has 0 heterocycles. The molecule has 0 N–H and O–H groups in total. The van der Waals surface area contributed by atoms with E-state index in [-0.39, 0.29) is 0 Å². The summed E-state index contributed by atoms with van der Waals surface area (Å²) in [7, 11) is 0. The van der Waals surface area contributed by atoms with Gasteiger partial charge in [0.15, 0.2) is 0 Å². The summed E-state index contributed by atoms with van der Waals surface area (Å²) in [6.45, 7) is 0. The molecule has 0 saturated heterocycles. The van der Waals surface area contributed by atoms with Gasteiger partial charge in [0, 0.05) is 5.92 Å². The van der Waals surface area contributed by atoms with Gasteiger partial charge in [-0.3, -0.25) is 0 Å². The molecule has 0 unspecified atom stereocenters. The molecular weight excluding hydrogens is 543 g/mol. The van der Waals surface area contributed by atoms with Crippen molar-refractivity contribution in [3.63, 3.8) is 0 Å². The average Bonchev–Trinajstić information content (AvgIpc) is 2.59. The first kappa shape index (κ1) is 31.1. The van der Waals surface area contributed by atoms with Crippen molar-refractivity contribution in [3.8, 4) is 12.1 Å². The molecule has 0 atom stereocenters. The van der Waals surface area contributed by atoms with Crippen molar-refractivity contribution in [1.82, 2.24) is 0 Å². The van der Waals surface area contributed by atoms with E-state index in [1.807, 2.05) is 0 Å². The van der Waals surface area contributed by atoms with Crippen molar-refractivity contribution in [2.24, 2.45) is 0 Å². The molecule has 0 nitrogen and oxygen atoms in total. The van der Waals surface area contributed by atoms with Crippen LogP contribution in [0.5, 0.6) is 0 Å². The summed E-state index contributed by atoms with van der Waals surface area (Å²) in [6, 6.07) is 0. The van der Waals surface area contributed by atoms with Crippen LogP contribution in [-0.4, -0.2) is 53.3 Å². The third-order valence-electron chi connectivity index (χ3n) is 3.60. The normalized spacial score (nSPS) is 16.1. The van der Waals surface area contributed by atoms with Crippen molar-refractivity contribution in [3.05, 3.63) is 6.43 Å². The molecule has 0 amide bonds. The lowest BCUT2D eigenvalue weighted by Crippen LogP contribution is -2.76. The van der Waals surface area contributed by atoms with Crippen LogP contribution in [-0.2, 0) is 0 Å². The highest BCUT2D eigenvalue weighted by Gasteiger charge is 2.97. The van der Waals surface area contributed by atoms with E-state index in [2.05, 4.69) is 0 Å². The molecule has 0 bridgehead atoms. The Morgan fingerprint density at radius 1 is 0.394 bits per heavy atom. The van der Waals surface area contributed by atoms with Crippen molar-refractivity contribution in [2.75, 3.05) is 0 Å². The van der Waals surface area contributed by atoms with Crippen molar-refractivity contribution in [1.29, 1.82) is 0 Å². The maximum absolute atomic E-state index is 13.3. The predicted octanol–water partition coefficient (Wildman–Crippen LogP) is 7.06. The number of halogens is 21. The maximum atomic E-state index is 13.3. The zero-order chi connectivity index (χ0) is 27.5. The van der Waals surface area contributed by atoms with Gasteiger partial charge in [0.05, 0.1) is 0 Å². The van der Waals surface area contributed by atoms with Crippen molar-refractivity contribution < 1.29 is 92.2 Å². The fourth-order valence-electron chi connectivity index (χ4n) is 1.64. The second kappa shape index (κ2) is 7.81. The van der Waals surface area contributed by atoms with Crippen LogP contribution in [0.2, 0.25) is 0 Å². The molecule has 0 aliphatic rings. The lowest BCUT2D eigenvalue weighted by molar-refractivity contribution is -0.460. The van der Waals surface area contributed by atoms with Gasteiger partial charge in [-0.1, -0.05) is 0 Å². The topological polar surface area (TPSA) is 0 Å². The van der Waals surface area contributed by atoms with E-state index in [9.17, 15) is 92.2 Å². The van der Waals surface area contributed by atoms with Crippen molar-refractivity contribution >= 4 is 0 Å². The molecule has 33 heavy (non-hydrogen) atoms. The Kier molecular flexibility index (Phi) is 7.36. The van der Waals surface area contributed by atoms with Crippen LogP contribution < -0.4 is 0 Å². The van der Waals surface area contributed by atoms with E-state index in [4.69, 9.17) is 0 Å². The summed E-state index contributed by atoms with van der Waals surface area (Å²) in [5, 5.41) is 0. The summed E-state index contributed by atoms with van der Waals surface area (Å²) in [5.74, 6) is -77.3. The average molecular weight is 543 g/mol. The molecule has 0 saturated carbocycles. The zero-order valence-corrected chi connectivity index (χ0v) is 13.9. The van der Waals surface area contributed by atoms with Gasteiger partial charge >= 0.3 is 59.7 Å². The number of hydrogen-bond donors (Lipinski definition) is 0. The van der Waals surface area contributed by atoms with E-state index < -0.39 is 71.8 Å². The Morgan fingerprint density at radius 2 is 0.636 bits per heavy atom. The predicted molar refractivity (Wildman–Crippen MR) is 58.9 cm³/mol. The van der Waals surface area contributed by atoms with Crippen LogP contribution in [0.4, 0.5) is 92.2 Å². The number of rotatable bonds is 9. The lowest BCUT2D eigenvalue weighted by Gasteiger charge is -2.43. The van der Waals surface area contributed by atoms with Crippen LogP contribution in [0, 0.1) is 18.5 Å². The SMILES string of the molecule is FC#CC(F)(F)C(F)(F)C(F)(F)C(F)(F)C(F)(F)C(F)(F)C(F)(F)C(F)(F)C(F)(F)[C](F)F. The fourth-order valence-corrected chi connectivity index (χ4v) is 1.64. The fraction of sp³-hybridized carbons (Fsp3) is 0.750. The van der Waals surface area contributed by atoms with E-state index >= 15 is 0 Å². The highest BCUT2D eigenvalue weighted by molar-refractivity contribution is 5.22. The van der Waals surface area contributed by atoms with Crippen LogP contribution >= 0.6 is 0 Å². The Labute approximate surface area is 165 Å². The Bertz CT molecular complexity index is 777. The van der Waals surface area contributed by atoms with E-state index in [0.717, 1.165) is 0 Å². The first-order chi connectivity index (χ1) is 14.0. The van der Waals surface area contributed by atoms with E-state index in [1.54, 1.807) is 0 Å². The Hall–Kier alpha value is -1.91. The third kappa shape index (κ3) is 3.70. The van der Waals surface area contributed by atoms with E-state index in [1.165, 1.54) is 0 Å². The van der Waals surface area contributed by atoms with Gasteiger partial charge in [0.1, 0.15) is 6.17 Å². The number of hydrogen-bond acceptors (Lipinski definition) is 0. The van der Waals surface area contributed by atoms with Crippen molar-refractivity contribution in [2.45, 2.75) is 53.3 Å². The van der Waals surface area contributed by atoms with Crippen LogP contribution in [0.15, 0.2) is 0 Å². The second-order valence-electron chi connectivity index (χ2n) is 5.65. The van der Waals surface area contributed by atoms with Crippen LogP contribution in [0.1, 0.15) is 0 Å². The molecule has 0 spiro atoms. The largest absolute Gasteiger partial charge is 0.390 e. The maximum Gasteiger partial charge on any atom is 0.390 e. The van der Waals surface area contributed by atoms with Gasteiger partial charge in [0.2, 0.25) is 0 Å². The summed E-state index contributed by atoms with van der Waals surface area (Å²) in [6.07, 6.45) is -6.01. The smallest absolute Gasteiger partial charge is 0.192 e. The molecule has 0 aromatic heterocycles. The van der Waals surface area contributed by atoms with Gasteiger partial charge in [-0.2, -0.15) is 87.8 Å². The Balaban J connectivity index is 7.02. The highest BCUT2D eigenvalue weighted by atomic mass is 19.4.